The van der Waals surface area contributed by atoms with E-state index in [0.717, 1.165) is 22.3 Å². The number of carbonyl (C=O) groups excluding carboxylic acids is 2. The van der Waals surface area contributed by atoms with Crippen LogP contribution in [-0.4, -0.2) is 45.2 Å². The van der Waals surface area contributed by atoms with Crippen molar-refractivity contribution < 1.29 is 19.1 Å². The van der Waals surface area contributed by atoms with Gasteiger partial charge in [0.15, 0.2) is 5.57 Å². The van der Waals surface area contributed by atoms with Gasteiger partial charge in [0.05, 0.1) is 19.9 Å². The Balaban J connectivity index is 3.86. The molecule has 0 N–H and O–H groups in total. The second kappa shape index (κ2) is 8.89. The number of carbonyl (C=O) groups is 2. The van der Waals surface area contributed by atoms with Gasteiger partial charge in [0, 0.05) is 14.1 Å². The molecule has 0 aliphatic carbocycles. The second-order valence-corrected chi connectivity index (χ2v) is 7.82. The number of hydrogen-bond donors (Lipinski definition) is 0. The van der Waals surface area contributed by atoms with Crippen molar-refractivity contribution >= 4 is 17.5 Å². The topological polar surface area (TPSA) is 55.8 Å². The highest BCUT2D eigenvalue weighted by Crippen LogP contribution is 2.36. The summed E-state index contributed by atoms with van der Waals surface area (Å²) in [6, 6.07) is 6.32. The van der Waals surface area contributed by atoms with Crippen molar-refractivity contribution in [3.8, 4) is 0 Å². The Hall–Kier alpha value is -2.56. The van der Waals surface area contributed by atoms with Crippen LogP contribution in [0.3, 0.4) is 0 Å². The molecular weight excluding hydrogens is 342 g/mol. The molecule has 1 aromatic rings. The lowest BCUT2D eigenvalue weighted by molar-refractivity contribution is -0.144. The highest BCUT2D eigenvalue weighted by Gasteiger charge is 2.27. The molecule has 0 aromatic heterocycles. The lowest BCUT2D eigenvalue weighted by Crippen LogP contribution is -2.24. The van der Waals surface area contributed by atoms with Crippen molar-refractivity contribution in [2.24, 2.45) is 5.41 Å². The summed E-state index contributed by atoms with van der Waals surface area (Å²) in [6.07, 6.45) is 1.87. The van der Waals surface area contributed by atoms with Crippen LogP contribution in [-0.2, 0) is 19.1 Å². The molecule has 0 radical (unpaired) electrons. The zero-order valence-corrected chi connectivity index (χ0v) is 17.9. The van der Waals surface area contributed by atoms with E-state index in [1.165, 1.54) is 14.2 Å². The molecule has 1 rings (SSSR count). The predicted molar refractivity (Wildman–Crippen MR) is 108 cm³/mol. The summed E-state index contributed by atoms with van der Waals surface area (Å²) >= 11 is 0. The Morgan fingerprint density at radius 2 is 1.37 bits per heavy atom. The first-order chi connectivity index (χ1) is 12.4. The third-order valence-corrected chi connectivity index (χ3v) is 4.14. The van der Waals surface area contributed by atoms with Gasteiger partial charge < -0.3 is 14.4 Å². The number of esters is 2. The predicted octanol–water partition coefficient (Wildman–Crippen LogP) is 3.89. The van der Waals surface area contributed by atoms with Crippen LogP contribution < -0.4 is 0 Å². The molecule has 5 heteroatoms. The van der Waals surface area contributed by atoms with E-state index in [9.17, 15) is 9.59 Å². The maximum absolute atomic E-state index is 12.3. The molecule has 0 aliphatic heterocycles. The molecule has 0 spiro atoms. The number of rotatable bonds is 5. The van der Waals surface area contributed by atoms with Gasteiger partial charge in [-0.25, -0.2) is 9.59 Å². The minimum absolute atomic E-state index is 0.129. The molecule has 0 saturated carbocycles. The molecule has 0 unspecified atom stereocenters. The van der Waals surface area contributed by atoms with Crippen LogP contribution in [0.25, 0.3) is 5.57 Å². The monoisotopic (exact) mass is 373 g/mol. The Labute approximate surface area is 162 Å². The van der Waals surface area contributed by atoms with Crippen molar-refractivity contribution in [1.29, 1.82) is 0 Å². The number of allylic oxidation sites excluding steroid dienone is 2. The molecule has 148 valence electrons. The van der Waals surface area contributed by atoms with E-state index >= 15 is 0 Å². The van der Waals surface area contributed by atoms with Crippen LogP contribution in [0.2, 0.25) is 0 Å². The average molecular weight is 373 g/mol. The van der Waals surface area contributed by atoms with Crippen LogP contribution in [0, 0.1) is 19.3 Å². The molecule has 0 aliphatic rings. The van der Waals surface area contributed by atoms with E-state index in [0.29, 0.717) is 5.70 Å². The number of methoxy groups -OCH3 is 2. The number of nitrogens with zero attached hydrogens (tertiary/aromatic N) is 1. The number of hydrogen-bond acceptors (Lipinski definition) is 5. The average Bonchev–Trinajstić information content (AvgIpc) is 2.54. The van der Waals surface area contributed by atoms with Gasteiger partial charge in [0.25, 0.3) is 0 Å². The van der Waals surface area contributed by atoms with E-state index < -0.39 is 11.9 Å². The van der Waals surface area contributed by atoms with E-state index in [-0.39, 0.29) is 11.0 Å². The maximum atomic E-state index is 12.3. The van der Waals surface area contributed by atoms with Crippen LogP contribution in [0.5, 0.6) is 0 Å². The highest BCUT2D eigenvalue weighted by atomic mass is 16.5. The number of ether oxygens (including phenoxy) is 2. The fourth-order valence-corrected chi connectivity index (χ4v) is 2.92. The summed E-state index contributed by atoms with van der Waals surface area (Å²) in [5.41, 5.74) is 4.44. The van der Waals surface area contributed by atoms with E-state index in [1.54, 1.807) is 19.0 Å². The third-order valence-electron chi connectivity index (χ3n) is 4.14. The summed E-state index contributed by atoms with van der Waals surface area (Å²) in [5.74, 6) is -1.45. The maximum Gasteiger partial charge on any atom is 0.347 e. The van der Waals surface area contributed by atoms with Crippen molar-refractivity contribution in [2.45, 2.75) is 34.6 Å². The van der Waals surface area contributed by atoms with Crippen molar-refractivity contribution in [3.05, 3.63) is 52.2 Å². The van der Waals surface area contributed by atoms with Crippen molar-refractivity contribution in [3.63, 3.8) is 0 Å². The summed E-state index contributed by atoms with van der Waals surface area (Å²) in [6.45, 7) is 10.4. The zero-order chi connectivity index (χ0) is 20.9. The van der Waals surface area contributed by atoms with Crippen LogP contribution in [0.4, 0.5) is 0 Å². The lowest BCUT2D eigenvalue weighted by atomic mass is 9.80. The molecule has 0 atom stereocenters. The van der Waals surface area contributed by atoms with E-state index in [1.807, 2.05) is 19.9 Å². The molecule has 0 bridgehead atoms. The largest absolute Gasteiger partial charge is 0.465 e. The summed E-state index contributed by atoms with van der Waals surface area (Å²) in [5, 5.41) is 0. The minimum Gasteiger partial charge on any atom is -0.465 e. The first kappa shape index (κ1) is 22.5. The Morgan fingerprint density at radius 3 is 1.70 bits per heavy atom. The SMILES string of the molecule is COC(=O)C(C(=O)OC)=C(/C=C(/c1cc(C)cc(C)c1)C(C)(C)C)N(C)C. The quantitative estimate of drug-likeness (QED) is 0.258. The number of benzene rings is 1. The molecule has 1 aromatic carbocycles. The Kier molecular flexibility index (Phi) is 7.40. The highest BCUT2D eigenvalue weighted by molar-refractivity contribution is 6.15. The minimum atomic E-state index is -0.726. The fraction of sp³-hybridized carbons (Fsp3) is 0.455. The van der Waals surface area contributed by atoms with Gasteiger partial charge in [-0.3, -0.25) is 0 Å². The van der Waals surface area contributed by atoms with Crippen LogP contribution in [0.1, 0.15) is 37.5 Å². The van der Waals surface area contributed by atoms with Gasteiger partial charge in [0.2, 0.25) is 0 Å². The summed E-state index contributed by atoms with van der Waals surface area (Å²) in [4.78, 5) is 26.3. The van der Waals surface area contributed by atoms with Gasteiger partial charge in [0.1, 0.15) is 0 Å². The molecule has 5 nitrogen and oxygen atoms in total. The Bertz CT molecular complexity index is 742. The number of likely N-dealkylation sites (N-methyl/N-ethyl adjacent to an activating group) is 1. The van der Waals surface area contributed by atoms with Crippen LogP contribution in [0.15, 0.2) is 35.5 Å². The lowest BCUT2D eigenvalue weighted by Gasteiger charge is -2.27. The molecular formula is C22H31NO4. The van der Waals surface area contributed by atoms with Crippen molar-refractivity contribution in [1.82, 2.24) is 4.90 Å². The molecule has 0 saturated heterocycles. The van der Waals surface area contributed by atoms with Gasteiger partial charge in [-0.05, 0) is 36.5 Å². The van der Waals surface area contributed by atoms with Gasteiger partial charge in [-0.2, -0.15) is 0 Å². The smallest absolute Gasteiger partial charge is 0.347 e. The standard InChI is InChI=1S/C22H31NO4/c1-14-10-15(2)12-16(11-14)17(22(3,4)5)13-18(23(6)7)19(20(24)26-8)21(25)27-9/h10-13H,1-9H3/b17-13-. The fourth-order valence-electron chi connectivity index (χ4n) is 2.92. The van der Waals surface area contributed by atoms with E-state index in [2.05, 4.69) is 39.0 Å². The van der Waals surface area contributed by atoms with Gasteiger partial charge in [-0.15, -0.1) is 0 Å². The van der Waals surface area contributed by atoms with Gasteiger partial charge >= 0.3 is 11.9 Å². The van der Waals surface area contributed by atoms with Gasteiger partial charge in [-0.1, -0.05) is 50.1 Å². The molecule has 27 heavy (non-hydrogen) atoms. The second-order valence-electron chi connectivity index (χ2n) is 7.82. The normalized spacial score (nSPS) is 11.7. The first-order valence-electron chi connectivity index (χ1n) is 8.81. The Morgan fingerprint density at radius 1 is 0.926 bits per heavy atom. The molecule has 0 fully saturated rings. The first-order valence-corrected chi connectivity index (χ1v) is 8.81. The van der Waals surface area contributed by atoms with Crippen LogP contribution >= 0.6 is 0 Å². The third kappa shape index (κ3) is 5.71. The summed E-state index contributed by atoms with van der Waals surface area (Å²) < 4.78 is 9.65. The summed E-state index contributed by atoms with van der Waals surface area (Å²) in [7, 11) is 6.05. The molecule has 0 heterocycles. The number of aryl methyl sites for hydroxylation is 2. The van der Waals surface area contributed by atoms with E-state index in [4.69, 9.17) is 9.47 Å². The zero-order valence-electron chi connectivity index (χ0n) is 17.9. The molecule has 0 amide bonds. The van der Waals surface area contributed by atoms with Crippen molar-refractivity contribution in [2.75, 3.05) is 28.3 Å².